The Morgan fingerprint density at radius 3 is 2.87 bits per heavy atom. The zero-order chi connectivity index (χ0) is 21.6. The lowest BCUT2D eigenvalue weighted by molar-refractivity contribution is 0.188. The number of likely N-dealkylation sites (tertiary alicyclic amines) is 1. The maximum Gasteiger partial charge on any atom is 0.216 e. The van der Waals surface area contributed by atoms with Gasteiger partial charge in [0, 0.05) is 31.7 Å². The maximum atomic E-state index is 14.0. The third-order valence-corrected chi connectivity index (χ3v) is 5.21. The second kappa shape index (κ2) is 9.69. The number of aliphatic imine (C=N–C) groups is 1. The molecule has 0 bridgehead atoms. The standard InChI is InChI=1S/C21H25F2N7O/c1-24-21(25-11-19-27-20(29-28-19)18-8-4-10-31-18)26-14-5-3-9-30(12-14)13-15-16(22)6-2-7-17(15)23/h2,4,6-8,10,14H,3,5,9,11-13H2,1H3,(H2,24,25,26)(H,27,28,29). The van der Waals surface area contributed by atoms with Gasteiger partial charge >= 0.3 is 0 Å². The monoisotopic (exact) mass is 429 g/mol. The number of guanidine groups is 1. The summed E-state index contributed by atoms with van der Waals surface area (Å²) in [6.45, 7) is 2.12. The predicted molar refractivity (Wildman–Crippen MR) is 112 cm³/mol. The van der Waals surface area contributed by atoms with Gasteiger partial charge in [-0.05, 0) is 43.7 Å². The van der Waals surface area contributed by atoms with Crippen LogP contribution in [-0.2, 0) is 13.1 Å². The fraction of sp³-hybridized carbons (Fsp3) is 0.381. The number of nitrogens with one attached hydrogen (secondary N) is 3. The molecule has 0 radical (unpaired) electrons. The van der Waals surface area contributed by atoms with Gasteiger partial charge in [0.15, 0.2) is 11.7 Å². The van der Waals surface area contributed by atoms with E-state index in [1.165, 1.54) is 18.2 Å². The smallest absolute Gasteiger partial charge is 0.216 e. The highest BCUT2D eigenvalue weighted by Crippen LogP contribution is 2.18. The number of aromatic amines is 1. The summed E-state index contributed by atoms with van der Waals surface area (Å²) in [5.41, 5.74) is 0.114. The van der Waals surface area contributed by atoms with Crippen LogP contribution in [0.15, 0.2) is 46.0 Å². The first-order valence-corrected chi connectivity index (χ1v) is 10.2. The molecule has 10 heteroatoms. The molecule has 0 aliphatic carbocycles. The molecule has 0 spiro atoms. The fourth-order valence-electron chi connectivity index (χ4n) is 3.67. The Morgan fingerprint density at radius 1 is 1.29 bits per heavy atom. The third kappa shape index (κ3) is 5.26. The van der Waals surface area contributed by atoms with E-state index in [4.69, 9.17) is 4.42 Å². The Balaban J connectivity index is 1.30. The summed E-state index contributed by atoms with van der Waals surface area (Å²) in [6.07, 6.45) is 3.45. The van der Waals surface area contributed by atoms with Gasteiger partial charge in [0.05, 0.1) is 12.8 Å². The molecular weight excluding hydrogens is 404 g/mol. The Kier molecular flexibility index (Phi) is 6.56. The molecule has 1 saturated heterocycles. The van der Waals surface area contributed by atoms with Crippen molar-refractivity contribution in [3.05, 3.63) is 59.6 Å². The quantitative estimate of drug-likeness (QED) is 0.412. The molecule has 1 unspecified atom stereocenters. The zero-order valence-corrected chi connectivity index (χ0v) is 17.2. The Bertz CT molecular complexity index is 998. The molecule has 4 rings (SSSR count). The van der Waals surface area contributed by atoms with E-state index in [2.05, 4.69) is 35.7 Å². The van der Waals surface area contributed by atoms with E-state index in [-0.39, 0.29) is 18.2 Å². The highest BCUT2D eigenvalue weighted by Gasteiger charge is 2.23. The van der Waals surface area contributed by atoms with Crippen LogP contribution in [-0.4, -0.2) is 52.2 Å². The molecule has 0 amide bonds. The van der Waals surface area contributed by atoms with Gasteiger partial charge in [0.1, 0.15) is 17.5 Å². The van der Waals surface area contributed by atoms with E-state index in [0.717, 1.165) is 19.4 Å². The summed E-state index contributed by atoms with van der Waals surface area (Å²) in [5, 5.41) is 13.6. The minimum absolute atomic E-state index is 0.114. The van der Waals surface area contributed by atoms with Crippen molar-refractivity contribution < 1.29 is 13.2 Å². The first-order chi connectivity index (χ1) is 15.1. The molecule has 1 aliphatic heterocycles. The number of hydrogen-bond donors (Lipinski definition) is 3. The summed E-state index contributed by atoms with van der Waals surface area (Å²) < 4.78 is 33.3. The van der Waals surface area contributed by atoms with Gasteiger partial charge in [-0.1, -0.05) is 6.07 Å². The van der Waals surface area contributed by atoms with Crippen molar-refractivity contribution in [1.29, 1.82) is 0 Å². The summed E-state index contributed by atoms with van der Waals surface area (Å²) in [7, 11) is 1.69. The number of hydrogen-bond acceptors (Lipinski definition) is 5. The second-order valence-corrected chi connectivity index (χ2v) is 7.43. The molecule has 31 heavy (non-hydrogen) atoms. The number of nitrogens with zero attached hydrogens (tertiary/aromatic N) is 4. The molecule has 3 N–H and O–H groups in total. The van der Waals surface area contributed by atoms with E-state index in [1.807, 2.05) is 0 Å². The molecule has 164 valence electrons. The van der Waals surface area contributed by atoms with Crippen molar-refractivity contribution in [3.8, 4) is 11.6 Å². The number of piperidine rings is 1. The van der Waals surface area contributed by atoms with Gasteiger partial charge in [0.25, 0.3) is 0 Å². The van der Waals surface area contributed by atoms with Crippen molar-refractivity contribution >= 4 is 5.96 Å². The lowest BCUT2D eigenvalue weighted by Gasteiger charge is -2.34. The predicted octanol–water partition coefficient (Wildman–Crippen LogP) is 2.67. The van der Waals surface area contributed by atoms with Crippen LogP contribution in [0.4, 0.5) is 8.78 Å². The van der Waals surface area contributed by atoms with Gasteiger partial charge in [-0.3, -0.25) is 15.0 Å². The van der Waals surface area contributed by atoms with Crippen molar-refractivity contribution in [1.82, 2.24) is 30.7 Å². The maximum absolute atomic E-state index is 14.0. The first-order valence-electron chi connectivity index (χ1n) is 10.2. The van der Waals surface area contributed by atoms with Crippen molar-refractivity contribution in [2.45, 2.75) is 32.0 Å². The number of aromatic nitrogens is 3. The molecule has 8 nitrogen and oxygen atoms in total. The van der Waals surface area contributed by atoms with Gasteiger partial charge < -0.3 is 15.1 Å². The molecule has 3 aromatic rings. The van der Waals surface area contributed by atoms with Gasteiger partial charge in [-0.2, -0.15) is 0 Å². The van der Waals surface area contributed by atoms with E-state index >= 15 is 0 Å². The van der Waals surface area contributed by atoms with Crippen molar-refractivity contribution in [2.75, 3.05) is 20.1 Å². The average Bonchev–Trinajstić information content (AvgIpc) is 3.46. The van der Waals surface area contributed by atoms with Crippen LogP contribution in [0, 0.1) is 11.6 Å². The largest absolute Gasteiger partial charge is 0.461 e. The Morgan fingerprint density at radius 2 is 2.13 bits per heavy atom. The summed E-state index contributed by atoms with van der Waals surface area (Å²) in [6, 6.07) is 7.67. The van der Waals surface area contributed by atoms with Crippen LogP contribution >= 0.6 is 0 Å². The second-order valence-electron chi connectivity index (χ2n) is 7.43. The molecular formula is C21H25F2N7O. The number of rotatable bonds is 6. The van der Waals surface area contributed by atoms with Crippen LogP contribution in [0.25, 0.3) is 11.6 Å². The molecule has 1 aliphatic rings. The average molecular weight is 429 g/mol. The topological polar surface area (TPSA) is 94.4 Å². The minimum atomic E-state index is -0.506. The van der Waals surface area contributed by atoms with E-state index in [1.54, 1.807) is 25.4 Å². The summed E-state index contributed by atoms with van der Waals surface area (Å²) in [4.78, 5) is 10.7. The fourth-order valence-corrected chi connectivity index (χ4v) is 3.67. The highest BCUT2D eigenvalue weighted by molar-refractivity contribution is 5.79. The van der Waals surface area contributed by atoms with E-state index < -0.39 is 11.6 Å². The normalized spacial score (nSPS) is 17.6. The summed E-state index contributed by atoms with van der Waals surface area (Å²) >= 11 is 0. The number of furan rings is 1. The molecule has 2 aromatic heterocycles. The number of benzene rings is 1. The van der Waals surface area contributed by atoms with Crippen LogP contribution < -0.4 is 10.6 Å². The number of halogens is 2. The molecule has 1 atom stereocenters. The Labute approximate surface area is 178 Å². The minimum Gasteiger partial charge on any atom is -0.461 e. The lowest BCUT2D eigenvalue weighted by atomic mass is 10.0. The first kappa shape index (κ1) is 21.0. The summed E-state index contributed by atoms with van der Waals surface area (Å²) in [5.74, 6) is 1.35. The molecule has 3 heterocycles. The van der Waals surface area contributed by atoms with E-state index in [0.29, 0.717) is 36.5 Å². The molecule has 1 fully saturated rings. The van der Waals surface area contributed by atoms with Gasteiger partial charge in [-0.15, -0.1) is 5.10 Å². The van der Waals surface area contributed by atoms with Crippen molar-refractivity contribution in [2.24, 2.45) is 4.99 Å². The molecule has 1 aromatic carbocycles. The zero-order valence-electron chi connectivity index (χ0n) is 17.2. The van der Waals surface area contributed by atoms with Gasteiger partial charge in [-0.25, -0.2) is 13.8 Å². The van der Waals surface area contributed by atoms with Crippen LogP contribution in [0.1, 0.15) is 24.2 Å². The highest BCUT2D eigenvalue weighted by atomic mass is 19.1. The van der Waals surface area contributed by atoms with E-state index in [9.17, 15) is 8.78 Å². The number of H-pyrrole nitrogens is 1. The van der Waals surface area contributed by atoms with Crippen LogP contribution in [0.2, 0.25) is 0 Å². The van der Waals surface area contributed by atoms with Crippen molar-refractivity contribution in [3.63, 3.8) is 0 Å². The van der Waals surface area contributed by atoms with Crippen LogP contribution in [0.5, 0.6) is 0 Å². The lowest BCUT2D eigenvalue weighted by Crippen LogP contribution is -2.50. The SMILES string of the molecule is CN=C(NCc1nc(-c2ccco2)n[nH]1)NC1CCCN(Cc2c(F)cccc2F)C1. The third-order valence-electron chi connectivity index (χ3n) is 5.21. The molecule has 0 saturated carbocycles. The van der Waals surface area contributed by atoms with Gasteiger partial charge in [0.2, 0.25) is 5.82 Å². The van der Waals surface area contributed by atoms with Crippen LogP contribution in [0.3, 0.4) is 0 Å². The Hall–Kier alpha value is -3.27.